The van der Waals surface area contributed by atoms with Crippen LogP contribution in [-0.4, -0.2) is 14.4 Å². The van der Waals surface area contributed by atoms with Crippen molar-refractivity contribution in [1.82, 2.24) is 14.4 Å². The first-order chi connectivity index (χ1) is 9.19. The molecule has 2 heterocycles. The summed E-state index contributed by atoms with van der Waals surface area (Å²) >= 11 is 3.49. The Morgan fingerprint density at radius 3 is 2.95 bits per heavy atom. The molecule has 1 aromatic carbocycles. The van der Waals surface area contributed by atoms with Gasteiger partial charge in [-0.1, -0.05) is 28.1 Å². The van der Waals surface area contributed by atoms with Crippen LogP contribution in [0.4, 0.5) is 0 Å². The molecule has 2 aromatic heterocycles. The van der Waals surface area contributed by atoms with Crippen molar-refractivity contribution in [2.45, 2.75) is 13.5 Å². The molecule has 3 aromatic rings. The van der Waals surface area contributed by atoms with Crippen LogP contribution in [0.5, 0.6) is 0 Å². The van der Waals surface area contributed by atoms with Gasteiger partial charge in [0.15, 0.2) is 0 Å². The van der Waals surface area contributed by atoms with E-state index < -0.39 is 0 Å². The van der Waals surface area contributed by atoms with Gasteiger partial charge in [-0.25, -0.2) is 9.97 Å². The Balaban J connectivity index is 2.29. The Kier molecular flexibility index (Phi) is 3.08. The van der Waals surface area contributed by atoms with Gasteiger partial charge in [-0.15, -0.1) is 0 Å². The second-order valence-electron chi connectivity index (χ2n) is 4.36. The van der Waals surface area contributed by atoms with Crippen LogP contribution in [0.1, 0.15) is 11.5 Å². The molecule has 5 heteroatoms. The summed E-state index contributed by atoms with van der Waals surface area (Å²) in [5.41, 5.74) is 9.53. The monoisotopic (exact) mass is 316 g/mol. The lowest BCUT2D eigenvalue weighted by Crippen LogP contribution is -1.96. The standard InChI is InChI=1S/C14H13BrN4/c1-9-17-7-13(10-3-2-4-11(15)5-10)14-18-12(6-16)8-19(9)14/h2-5,7-8H,6,16H2,1H3. The first kappa shape index (κ1) is 12.3. The third-order valence-corrected chi connectivity index (χ3v) is 3.56. The molecule has 0 fully saturated rings. The number of hydrogen-bond donors (Lipinski definition) is 1. The van der Waals surface area contributed by atoms with Crippen LogP contribution in [0.15, 0.2) is 41.1 Å². The Morgan fingerprint density at radius 1 is 1.37 bits per heavy atom. The molecular formula is C14H13BrN4. The second kappa shape index (κ2) is 4.75. The zero-order valence-electron chi connectivity index (χ0n) is 10.5. The Morgan fingerprint density at radius 2 is 2.21 bits per heavy atom. The minimum Gasteiger partial charge on any atom is -0.325 e. The van der Waals surface area contributed by atoms with Crippen molar-refractivity contribution < 1.29 is 0 Å². The molecule has 0 amide bonds. The van der Waals surface area contributed by atoms with E-state index in [0.29, 0.717) is 6.54 Å². The van der Waals surface area contributed by atoms with Gasteiger partial charge in [-0.2, -0.15) is 0 Å². The highest BCUT2D eigenvalue weighted by molar-refractivity contribution is 9.10. The van der Waals surface area contributed by atoms with E-state index in [0.717, 1.165) is 32.8 Å². The van der Waals surface area contributed by atoms with Crippen LogP contribution in [-0.2, 0) is 6.54 Å². The minimum absolute atomic E-state index is 0.430. The normalized spacial score (nSPS) is 11.1. The summed E-state index contributed by atoms with van der Waals surface area (Å²) in [6, 6.07) is 8.11. The van der Waals surface area contributed by atoms with Crippen molar-refractivity contribution in [1.29, 1.82) is 0 Å². The Bertz CT molecular complexity index is 748. The third kappa shape index (κ3) is 2.15. The van der Waals surface area contributed by atoms with Crippen LogP contribution in [0.2, 0.25) is 0 Å². The number of aryl methyl sites for hydroxylation is 1. The quantitative estimate of drug-likeness (QED) is 0.790. The fourth-order valence-electron chi connectivity index (χ4n) is 2.10. The molecule has 0 bridgehead atoms. The highest BCUT2D eigenvalue weighted by Crippen LogP contribution is 2.26. The van der Waals surface area contributed by atoms with Crippen molar-refractivity contribution in [3.05, 3.63) is 52.7 Å². The van der Waals surface area contributed by atoms with Gasteiger partial charge in [0.1, 0.15) is 11.5 Å². The van der Waals surface area contributed by atoms with E-state index >= 15 is 0 Å². The van der Waals surface area contributed by atoms with Gasteiger partial charge < -0.3 is 5.73 Å². The molecule has 0 saturated heterocycles. The van der Waals surface area contributed by atoms with Crippen molar-refractivity contribution >= 4 is 21.6 Å². The molecule has 0 aliphatic carbocycles. The number of halogens is 1. The first-order valence-electron chi connectivity index (χ1n) is 5.98. The average Bonchev–Trinajstić information content (AvgIpc) is 2.84. The lowest BCUT2D eigenvalue weighted by atomic mass is 10.1. The molecule has 19 heavy (non-hydrogen) atoms. The maximum atomic E-state index is 5.67. The molecule has 2 N–H and O–H groups in total. The topological polar surface area (TPSA) is 56.2 Å². The van der Waals surface area contributed by atoms with Gasteiger partial charge in [0.2, 0.25) is 0 Å². The van der Waals surface area contributed by atoms with Gasteiger partial charge >= 0.3 is 0 Å². The molecule has 0 aliphatic rings. The second-order valence-corrected chi connectivity index (χ2v) is 5.28. The van der Waals surface area contributed by atoms with E-state index in [4.69, 9.17) is 5.73 Å². The number of aromatic nitrogens is 3. The van der Waals surface area contributed by atoms with Gasteiger partial charge in [-0.3, -0.25) is 4.40 Å². The molecule has 0 aliphatic heterocycles. The van der Waals surface area contributed by atoms with Gasteiger partial charge in [0, 0.05) is 29.0 Å². The largest absolute Gasteiger partial charge is 0.325 e. The number of nitrogens with two attached hydrogens (primary N) is 1. The van der Waals surface area contributed by atoms with E-state index in [-0.39, 0.29) is 0 Å². The van der Waals surface area contributed by atoms with E-state index in [1.54, 1.807) is 0 Å². The predicted octanol–water partition coefficient (Wildman–Crippen LogP) is 2.93. The number of nitrogens with zero attached hydrogens (tertiary/aromatic N) is 3. The molecule has 0 unspecified atom stereocenters. The smallest absolute Gasteiger partial charge is 0.147 e. The van der Waals surface area contributed by atoms with E-state index in [2.05, 4.69) is 32.0 Å². The molecule has 3 rings (SSSR count). The summed E-state index contributed by atoms with van der Waals surface area (Å²) < 4.78 is 3.02. The SMILES string of the molecule is Cc1ncc(-c2cccc(Br)c2)c2nc(CN)cn12. The molecule has 0 spiro atoms. The highest BCUT2D eigenvalue weighted by atomic mass is 79.9. The lowest BCUT2D eigenvalue weighted by Gasteiger charge is -2.06. The molecular weight excluding hydrogens is 304 g/mol. The van der Waals surface area contributed by atoms with Gasteiger partial charge in [-0.05, 0) is 24.6 Å². The van der Waals surface area contributed by atoms with E-state index in [1.807, 2.05) is 41.9 Å². The predicted molar refractivity (Wildman–Crippen MR) is 78.8 cm³/mol. The van der Waals surface area contributed by atoms with Crippen molar-refractivity contribution in [2.24, 2.45) is 5.73 Å². The summed E-state index contributed by atoms with van der Waals surface area (Å²) in [5.74, 6) is 0.904. The lowest BCUT2D eigenvalue weighted by molar-refractivity contribution is 0.979. The average molecular weight is 317 g/mol. The number of benzene rings is 1. The van der Waals surface area contributed by atoms with Gasteiger partial charge in [0.25, 0.3) is 0 Å². The number of imidazole rings is 1. The summed E-state index contributed by atoms with van der Waals surface area (Å²) in [6.45, 7) is 2.39. The summed E-state index contributed by atoms with van der Waals surface area (Å²) in [4.78, 5) is 9.01. The minimum atomic E-state index is 0.430. The molecule has 0 radical (unpaired) electrons. The summed E-state index contributed by atoms with van der Waals surface area (Å²) in [6.07, 6.45) is 3.80. The van der Waals surface area contributed by atoms with Crippen LogP contribution < -0.4 is 5.73 Å². The van der Waals surface area contributed by atoms with Gasteiger partial charge in [0.05, 0.1) is 5.69 Å². The maximum absolute atomic E-state index is 5.67. The van der Waals surface area contributed by atoms with Crippen LogP contribution in [0.3, 0.4) is 0 Å². The third-order valence-electron chi connectivity index (χ3n) is 3.07. The van der Waals surface area contributed by atoms with Crippen molar-refractivity contribution in [3.63, 3.8) is 0 Å². The molecule has 0 atom stereocenters. The fourth-order valence-corrected chi connectivity index (χ4v) is 2.50. The Labute approximate surface area is 119 Å². The number of hydrogen-bond acceptors (Lipinski definition) is 3. The molecule has 4 nitrogen and oxygen atoms in total. The van der Waals surface area contributed by atoms with E-state index in [1.165, 1.54) is 0 Å². The summed E-state index contributed by atoms with van der Waals surface area (Å²) in [5, 5.41) is 0. The molecule has 96 valence electrons. The summed E-state index contributed by atoms with van der Waals surface area (Å²) in [7, 11) is 0. The van der Waals surface area contributed by atoms with Crippen molar-refractivity contribution in [3.8, 4) is 11.1 Å². The Hall–Kier alpha value is -1.72. The van der Waals surface area contributed by atoms with Crippen LogP contribution >= 0.6 is 15.9 Å². The van der Waals surface area contributed by atoms with Crippen molar-refractivity contribution in [2.75, 3.05) is 0 Å². The zero-order chi connectivity index (χ0) is 13.4. The fraction of sp³-hybridized carbons (Fsp3) is 0.143. The highest BCUT2D eigenvalue weighted by Gasteiger charge is 2.10. The van der Waals surface area contributed by atoms with E-state index in [9.17, 15) is 0 Å². The number of fused-ring (bicyclic) bond motifs is 1. The van der Waals surface area contributed by atoms with Crippen LogP contribution in [0.25, 0.3) is 16.8 Å². The first-order valence-corrected chi connectivity index (χ1v) is 6.78. The molecule has 0 saturated carbocycles. The zero-order valence-corrected chi connectivity index (χ0v) is 12.1. The number of rotatable bonds is 2. The maximum Gasteiger partial charge on any atom is 0.147 e. The van der Waals surface area contributed by atoms with Crippen LogP contribution in [0, 0.1) is 6.92 Å².